The SMILES string of the molecule is COc1ccc2cc3n(c2c1)CCC(O)C3. The Hall–Kier alpha value is -1.48. The first kappa shape index (κ1) is 9.73. The van der Waals surface area contributed by atoms with Crippen LogP contribution in [0.2, 0.25) is 0 Å². The maximum atomic E-state index is 9.64. The van der Waals surface area contributed by atoms with Crippen LogP contribution in [0.3, 0.4) is 0 Å². The van der Waals surface area contributed by atoms with Gasteiger partial charge in [0.2, 0.25) is 0 Å². The third-order valence-corrected chi connectivity index (χ3v) is 3.33. The topological polar surface area (TPSA) is 34.4 Å². The van der Waals surface area contributed by atoms with Crippen molar-refractivity contribution in [1.82, 2.24) is 4.57 Å². The molecule has 0 saturated heterocycles. The van der Waals surface area contributed by atoms with E-state index in [1.165, 1.54) is 16.6 Å². The van der Waals surface area contributed by atoms with Crippen molar-refractivity contribution < 1.29 is 9.84 Å². The summed E-state index contributed by atoms with van der Waals surface area (Å²) in [6.45, 7) is 0.896. The number of nitrogens with zero attached hydrogens (tertiary/aromatic N) is 1. The predicted octanol–water partition coefficient (Wildman–Crippen LogP) is 1.96. The van der Waals surface area contributed by atoms with Crippen molar-refractivity contribution in [2.75, 3.05) is 7.11 Å². The highest BCUT2D eigenvalue weighted by molar-refractivity contribution is 5.83. The van der Waals surface area contributed by atoms with Gasteiger partial charge >= 0.3 is 0 Å². The number of aliphatic hydroxyl groups excluding tert-OH is 1. The molecule has 0 radical (unpaired) electrons. The van der Waals surface area contributed by atoms with E-state index >= 15 is 0 Å². The highest BCUT2D eigenvalue weighted by atomic mass is 16.5. The fourth-order valence-electron chi connectivity index (χ4n) is 2.47. The molecule has 1 aromatic carbocycles. The van der Waals surface area contributed by atoms with Gasteiger partial charge in [0, 0.05) is 30.1 Å². The monoisotopic (exact) mass is 217 g/mol. The molecule has 1 aliphatic heterocycles. The number of aryl methyl sites for hydroxylation is 1. The molecule has 0 fully saturated rings. The second-order valence-electron chi connectivity index (χ2n) is 4.36. The number of fused-ring (bicyclic) bond motifs is 3. The molecule has 2 aromatic rings. The van der Waals surface area contributed by atoms with Gasteiger partial charge in [-0.1, -0.05) is 0 Å². The van der Waals surface area contributed by atoms with Gasteiger partial charge in [-0.15, -0.1) is 0 Å². The lowest BCUT2D eigenvalue weighted by molar-refractivity contribution is 0.144. The van der Waals surface area contributed by atoms with Crippen LogP contribution in [0.1, 0.15) is 12.1 Å². The lowest BCUT2D eigenvalue weighted by Crippen LogP contribution is -2.22. The summed E-state index contributed by atoms with van der Waals surface area (Å²) >= 11 is 0. The predicted molar refractivity (Wildman–Crippen MR) is 62.8 cm³/mol. The molecule has 1 aromatic heterocycles. The molecular formula is C13H15NO2. The molecule has 84 valence electrons. The molecule has 0 amide bonds. The number of benzene rings is 1. The maximum absolute atomic E-state index is 9.64. The standard InChI is InChI=1S/C13H15NO2/c1-16-12-3-2-9-6-10-7-11(15)4-5-14(10)13(9)8-12/h2-3,6,8,11,15H,4-5,7H2,1H3. The zero-order valence-electron chi connectivity index (χ0n) is 9.31. The normalized spacial score (nSPS) is 19.8. The van der Waals surface area contributed by atoms with E-state index in [9.17, 15) is 5.11 Å². The molecule has 0 aliphatic carbocycles. The van der Waals surface area contributed by atoms with Crippen molar-refractivity contribution in [3.05, 3.63) is 30.0 Å². The first-order valence-corrected chi connectivity index (χ1v) is 5.62. The van der Waals surface area contributed by atoms with Gasteiger partial charge in [0.05, 0.1) is 18.7 Å². The molecule has 1 aliphatic rings. The summed E-state index contributed by atoms with van der Waals surface area (Å²) in [5.74, 6) is 0.888. The number of rotatable bonds is 1. The number of aliphatic hydroxyl groups is 1. The van der Waals surface area contributed by atoms with E-state index in [2.05, 4.69) is 22.8 Å². The average Bonchev–Trinajstić information content (AvgIpc) is 2.65. The van der Waals surface area contributed by atoms with E-state index in [1.807, 2.05) is 6.07 Å². The van der Waals surface area contributed by atoms with E-state index in [1.54, 1.807) is 7.11 Å². The molecule has 3 rings (SSSR count). The molecular weight excluding hydrogens is 202 g/mol. The lowest BCUT2D eigenvalue weighted by atomic mass is 10.1. The van der Waals surface area contributed by atoms with Crippen molar-refractivity contribution >= 4 is 10.9 Å². The Morgan fingerprint density at radius 3 is 3.06 bits per heavy atom. The van der Waals surface area contributed by atoms with Crippen LogP contribution in [-0.2, 0) is 13.0 Å². The third-order valence-electron chi connectivity index (χ3n) is 3.33. The van der Waals surface area contributed by atoms with Crippen LogP contribution < -0.4 is 4.74 Å². The first-order valence-electron chi connectivity index (χ1n) is 5.62. The molecule has 0 bridgehead atoms. The number of hydrogen-bond donors (Lipinski definition) is 1. The van der Waals surface area contributed by atoms with Crippen molar-refractivity contribution in [2.24, 2.45) is 0 Å². The Kier molecular flexibility index (Phi) is 2.14. The second kappa shape index (κ2) is 3.52. The van der Waals surface area contributed by atoms with E-state index in [-0.39, 0.29) is 6.10 Å². The average molecular weight is 217 g/mol. The summed E-state index contributed by atoms with van der Waals surface area (Å²) in [6, 6.07) is 8.28. The van der Waals surface area contributed by atoms with Crippen LogP contribution in [0.25, 0.3) is 10.9 Å². The fourth-order valence-corrected chi connectivity index (χ4v) is 2.47. The zero-order valence-corrected chi connectivity index (χ0v) is 9.31. The minimum atomic E-state index is -0.182. The van der Waals surface area contributed by atoms with Gasteiger partial charge in [-0.2, -0.15) is 0 Å². The molecule has 16 heavy (non-hydrogen) atoms. The summed E-state index contributed by atoms with van der Waals surface area (Å²) in [7, 11) is 1.69. The van der Waals surface area contributed by atoms with E-state index in [4.69, 9.17) is 4.74 Å². The van der Waals surface area contributed by atoms with Gasteiger partial charge in [0.25, 0.3) is 0 Å². The summed E-state index contributed by atoms with van der Waals surface area (Å²) in [5, 5.41) is 10.9. The van der Waals surface area contributed by atoms with Crippen molar-refractivity contribution in [3.8, 4) is 5.75 Å². The van der Waals surface area contributed by atoms with Crippen LogP contribution in [0.15, 0.2) is 24.3 Å². The number of methoxy groups -OCH3 is 1. The Morgan fingerprint density at radius 1 is 1.38 bits per heavy atom. The number of ether oxygens (including phenoxy) is 1. The van der Waals surface area contributed by atoms with E-state index < -0.39 is 0 Å². The third kappa shape index (κ3) is 1.39. The zero-order chi connectivity index (χ0) is 11.1. The first-order chi connectivity index (χ1) is 7.78. The minimum Gasteiger partial charge on any atom is -0.497 e. The fraction of sp³-hybridized carbons (Fsp3) is 0.385. The minimum absolute atomic E-state index is 0.182. The molecule has 1 unspecified atom stereocenters. The second-order valence-corrected chi connectivity index (χ2v) is 4.36. The molecule has 3 nitrogen and oxygen atoms in total. The highest BCUT2D eigenvalue weighted by Crippen LogP contribution is 2.28. The van der Waals surface area contributed by atoms with Gasteiger partial charge < -0.3 is 14.4 Å². The molecule has 0 saturated carbocycles. The Bertz CT molecular complexity index is 530. The number of aromatic nitrogens is 1. The van der Waals surface area contributed by atoms with Crippen LogP contribution >= 0.6 is 0 Å². The van der Waals surface area contributed by atoms with Crippen LogP contribution in [0.4, 0.5) is 0 Å². The highest BCUT2D eigenvalue weighted by Gasteiger charge is 2.18. The van der Waals surface area contributed by atoms with Crippen molar-refractivity contribution in [1.29, 1.82) is 0 Å². The smallest absolute Gasteiger partial charge is 0.120 e. The quantitative estimate of drug-likeness (QED) is 0.792. The van der Waals surface area contributed by atoms with E-state index in [0.29, 0.717) is 0 Å². The summed E-state index contributed by atoms with van der Waals surface area (Å²) < 4.78 is 7.52. The van der Waals surface area contributed by atoms with Gasteiger partial charge in [0.1, 0.15) is 5.75 Å². The molecule has 3 heteroatoms. The summed E-state index contributed by atoms with van der Waals surface area (Å²) in [6.07, 6.45) is 1.42. The molecule has 1 N–H and O–H groups in total. The van der Waals surface area contributed by atoms with Crippen LogP contribution in [0.5, 0.6) is 5.75 Å². The van der Waals surface area contributed by atoms with E-state index in [0.717, 1.165) is 25.1 Å². The molecule has 1 atom stereocenters. The van der Waals surface area contributed by atoms with Gasteiger partial charge in [0.15, 0.2) is 0 Å². The van der Waals surface area contributed by atoms with Crippen molar-refractivity contribution in [2.45, 2.75) is 25.5 Å². The Labute approximate surface area is 94.3 Å². The van der Waals surface area contributed by atoms with Crippen molar-refractivity contribution in [3.63, 3.8) is 0 Å². The number of hydrogen-bond acceptors (Lipinski definition) is 2. The summed E-state index contributed by atoms with van der Waals surface area (Å²) in [4.78, 5) is 0. The van der Waals surface area contributed by atoms with Crippen LogP contribution in [-0.4, -0.2) is 22.9 Å². The Balaban J connectivity index is 2.18. The largest absolute Gasteiger partial charge is 0.497 e. The summed E-state index contributed by atoms with van der Waals surface area (Å²) in [5.41, 5.74) is 2.43. The molecule has 0 spiro atoms. The Morgan fingerprint density at radius 2 is 2.25 bits per heavy atom. The lowest BCUT2D eigenvalue weighted by Gasteiger charge is -2.20. The van der Waals surface area contributed by atoms with Gasteiger partial charge in [-0.05, 0) is 24.6 Å². The van der Waals surface area contributed by atoms with Crippen LogP contribution in [0, 0.1) is 0 Å². The molecule has 2 heterocycles. The van der Waals surface area contributed by atoms with Gasteiger partial charge in [-0.25, -0.2) is 0 Å². The van der Waals surface area contributed by atoms with Gasteiger partial charge in [-0.3, -0.25) is 0 Å². The maximum Gasteiger partial charge on any atom is 0.120 e.